The molecule has 0 radical (unpaired) electrons. The second-order valence-corrected chi connectivity index (χ2v) is 5.31. The third kappa shape index (κ3) is 2.78. The SMILES string of the molecule is Cc1ccccc1C(C)(Nc1ccc(Cl)cc1)C(=O)O. The van der Waals surface area contributed by atoms with Crippen molar-refractivity contribution in [2.75, 3.05) is 5.32 Å². The Hall–Kier alpha value is -2.00. The summed E-state index contributed by atoms with van der Waals surface area (Å²) in [5.74, 6) is -0.929. The van der Waals surface area contributed by atoms with E-state index < -0.39 is 11.5 Å². The number of rotatable bonds is 4. The first-order chi connectivity index (χ1) is 9.43. The van der Waals surface area contributed by atoms with Crippen LogP contribution in [0, 0.1) is 6.92 Å². The molecule has 0 fully saturated rings. The number of carboxylic acids is 1. The lowest BCUT2D eigenvalue weighted by Crippen LogP contribution is -2.41. The summed E-state index contributed by atoms with van der Waals surface area (Å²) in [6.45, 7) is 3.56. The fraction of sp³-hybridized carbons (Fsp3) is 0.188. The van der Waals surface area contributed by atoms with Crippen LogP contribution in [0.2, 0.25) is 5.02 Å². The molecule has 0 aliphatic rings. The standard InChI is InChI=1S/C16H16ClNO2/c1-11-5-3-4-6-14(11)16(2,15(19)20)18-13-9-7-12(17)8-10-13/h3-10,18H,1-2H3,(H,19,20). The lowest BCUT2D eigenvalue weighted by atomic mass is 9.88. The topological polar surface area (TPSA) is 49.3 Å². The molecule has 0 bridgehead atoms. The Morgan fingerprint density at radius 3 is 2.30 bits per heavy atom. The summed E-state index contributed by atoms with van der Waals surface area (Å²) in [6.07, 6.45) is 0. The first-order valence-corrected chi connectivity index (χ1v) is 6.64. The van der Waals surface area contributed by atoms with E-state index in [4.69, 9.17) is 11.6 Å². The predicted molar refractivity (Wildman–Crippen MR) is 81.2 cm³/mol. The average molecular weight is 290 g/mol. The van der Waals surface area contributed by atoms with Crippen LogP contribution in [0.5, 0.6) is 0 Å². The molecule has 0 saturated heterocycles. The van der Waals surface area contributed by atoms with Crippen LogP contribution in [0.3, 0.4) is 0 Å². The van der Waals surface area contributed by atoms with Gasteiger partial charge in [-0.05, 0) is 49.2 Å². The molecule has 2 aromatic rings. The molecule has 2 aromatic carbocycles. The monoisotopic (exact) mass is 289 g/mol. The summed E-state index contributed by atoms with van der Waals surface area (Å²) in [5.41, 5.74) is 1.18. The van der Waals surface area contributed by atoms with Crippen molar-refractivity contribution in [2.24, 2.45) is 0 Å². The summed E-state index contributed by atoms with van der Waals surface area (Å²) in [7, 11) is 0. The van der Waals surface area contributed by atoms with Gasteiger partial charge in [-0.25, -0.2) is 4.79 Å². The smallest absolute Gasteiger partial charge is 0.333 e. The molecule has 0 saturated carbocycles. The molecule has 4 heteroatoms. The van der Waals surface area contributed by atoms with Crippen molar-refractivity contribution >= 4 is 23.3 Å². The predicted octanol–water partition coefficient (Wildman–Crippen LogP) is 4.06. The van der Waals surface area contributed by atoms with Crippen LogP contribution < -0.4 is 5.32 Å². The third-order valence-corrected chi connectivity index (χ3v) is 3.60. The van der Waals surface area contributed by atoms with E-state index in [1.54, 1.807) is 31.2 Å². The summed E-state index contributed by atoms with van der Waals surface area (Å²) in [6, 6.07) is 14.4. The number of carbonyl (C=O) groups is 1. The number of anilines is 1. The largest absolute Gasteiger partial charge is 0.479 e. The molecule has 2 N–H and O–H groups in total. The van der Waals surface area contributed by atoms with Crippen LogP contribution in [0.1, 0.15) is 18.1 Å². The Bertz CT molecular complexity index is 625. The Morgan fingerprint density at radius 2 is 1.75 bits per heavy atom. The van der Waals surface area contributed by atoms with Crippen molar-refractivity contribution in [3.05, 3.63) is 64.7 Å². The van der Waals surface area contributed by atoms with Gasteiger partial charge in [-0.1, -0.05) is 35.9 Å². The summed E-state index contributed by atoms with van der Waals surface area (Å²) >= 11 is 5.84. The van der Waals surface area contributed by atoms with E-state index in [1.165, 1.54) is 0 Å². The summed E-state index contributed by atoms with van der Waals surface area (Å²) in [5, 5.41) is 13.3. The molecule has 0 amide bonds. The molecule has 2 rings (SSSR count). The molecule has 3 nitrogen and oxygen atoms in total. The van der Waals surface area contributed by atoms with Crippen LogP contribution in [-0.4, -0.2) is 11.1 Å². The molecule has 20 heavy (non-hydrogen) atoms. The van der Waals surface area contributed by atoms with Crippen LogP contribution in [0.15, 0.2) is 48.5 Å². The van der Waals surface area contributed by atoms with Gasteiger partial charge in [0.15, 0.2) is 5.54 Å². The van der Waals surface area contributed by atoms with Gasteiger partial charge in [0.2, 0.25) is 0 Å². The van der Waals surface area contributed by atoms with E-state index >= 15 is 0 Å². The van der Waals surface area contributed by atoms with Crippen molar-refractivity contribution in [3.8, 4) is 0 Å². The maximum Gasteiger partial charge on any atom is 0.333 e. The first kappa shape index (κ1) is 14.4. The molecule has 0 aliphatic heterocycles. The van der Waals surface area contributed by atoms with Gasteiger partial charge in [0, 0.05) is 10.7 Å². The lowest BCUT2D eigenvalue weighted by Gasteiger charge is -2.29. The fourth-order valence-corrected chi connectivity index (χ4v) is 2.32. The molecular formula is C16H16ClNO2. The van der Waals surface area contributed by atoms with Crippen LogP contribution in [0.4, 0.5) is 5.69 Å². The second-order valence-electron chi connectivity index (χ2n) is 4.88. The molecule has 1 unspecified atom stereocenters. The number of hydrogen-bond donors (Lipinski definition) is 2. The number of carboxylic acid groups (broad SMARTS) is 1. The first-order valence-electron chi connectivity index (χ1n) is 6.27. The van der Waals surface area contributed by atoms with Crippen LogP contribution in [0.25, 0.3) is 0 Å². The second kappa shape index (κ2) is 5.55. The highest BCUT2D eigenvalue weighted by molar-refractivity contribution is 6.30. The van der Waals surface area contributed by atoms with Crippen LogP contribution >= 0.6 is 11.6 Å². The number of aryl methyl sites for hydroxylation is 1. The zero-order valence-corrected chi connectivity index (χ0v) is 12.1. The van der Waals surface area contributed by atoms with Gasteiger partial charge in [0.05, 0.1) is 0 Å². The number of hydrogen-bond acceptors (Lipinski definition) is 2. The van der Waals surface area contributed by atoms with Gasteiger partial charge in [-0.2, -0.15) is 0 Å². The van der Waals surface area contributed by atoms with Gasteiger partial charge in [-0.3, -0.25) is 0 Å². The highest BCUT2D eigenvalue weighted by Gasteiger charge is 2.36. The average Bonchev–Trinajstić information content (AvgIpc) is 2.41. The quantitative estimate of drug-likeness (QED) is 0.892. The third-order valence-electron chi connectivity index (χ3n) is 3.35. The molecule has 0 aromatic heterocycles. The maximum absolute atomic E-state index is 11.8. The molecule has 1 atom stereocenters. The maximum atomic E-state index is 11.8. The van der Waals surface area contributed by atoms with Crippen molar-refractivity contribution < 1.29 is 9.90 Å². The van der Waals surface area contributed by atoms with Gasteiger partial charge >= 0.3 is 5.97 Å². The Labute approximate surface area is 123 Å². The zero-order chi connectivity index (χ0) is 14.8. The van der Waals surface area contributed by atoms with E-state index in [2.05, 4.69) is 5.32 Å². The van der Waals surface area contributed by atoms with E-state index in [0.29, 0.717) is 10.7 Å². The number of benzene rings is 2. The Kier molecular flexibility index (Phi) is 4.00. The summed E-state index contributed by atoms with van der Waals surface area (Å²) < 4.78 is 0. The van der Waals surface area contributed by atoms with E-state index in [9.17, 15) is 9.90 Å². The van der Waals surface area contributed by atoms with E-state index in [-0.39, 0.29) is 0 Å². The Morgan fingerprint density at radius 1 is 1.15 bits per heavy atom. The van der Waals surface area contributed by atoms with Gasteiger partial charge in [-0.15, -0.1) is 0 Å². The molecular weight excluding hydrogens is 274 g/mol. The minimum atomic E-state index is -1.20. The van der Waals surface area contributed by atoms with Crippen molar-refractivity contribution in [1.29, 1.82) is 0 Å². The number of nitrogens with one attached hydrogen (secondary N) is 1. The van der Waals surface area contributed by atoms with E-state index in [1.807, 2.05) is 31.2 Å². The Balaban J connectivity index is 2.43. The minimum Gasteiger partial charge on any atom is -0.479 e. The molecule has 0 heterocycles. The zero-order valence-electron chi connectivity index (χ0n) is 11.4. The highest BCUT2D eigenvalue weighted by atomic mass is 35.5. The minimum absolute atomic E-state index is 0.614. The lowest BCUT2D eigenvalue weighted by molar-refractivity contribution is -0.142. The molecule has 0 aliphatic carbocycles. The number of halogens is 1. The summed E-state index contributed by atoms with van der Waals surface area (Å²) in [4.78, 5) is 11.8. The highest BCUT2D eigenvalue weighted by Crippen LogP contribution is 2.29. The van der Waals surface area contributed by atoms with Gasteiger partial charge < -0.3 is 10.4 Å². The fourth-order valence-electron chi connectivity index (χ4n) is 2.19. The van der Waals surface area contributed by atoms with Crippen LogP contribution in [-0.2, 0) is 10.3 Å². The molecule has 104 valence electrons. The van der Waals surface area contributed by atoms with Crippen molar-refractivity contribution in [3.63, 3.8) is 0 Å². The normalized spacial score (nSPS) is 13.6. The van der Waals surface area contributed by atoms with Gasteiger partial charge in [0.1, 0.15) is 0 Å². The van der Waals surface area contributed by atoms with E-state index in [0.717, 1.165) is 11.1 Å². The van der Waals surface area contributed by atoms with Gasteiger partial charge in [0.25, 0.3) is 0 Å². The van der Waals surface area contributed by atoms with Crippen molar-refractivity contribution in [1.82, 2.24) is 0 Å². The molecule has 0 spiro atoms. The number of aliphatic carboxylic acids is 1. The van der Waals surface area contributed by atoms with Crippen molar-refractivity contribution in [2.45, 2.75) is 19.4 Å².